The summed E-state index contributed by atoms with van der Waals surface area (Å²) in [4.78, 5) is 18.7. The molecule has 2 amide bonds. The number of aromatic nitrogens is 5. The van der Waals surface area contributed by atoms with Crippen molar-refractivity contribution in [3.8, 4) is 5.69 Å². The van der Waals surface area contributed by atoms with Crippen LogP contribution < -0.4 is 5.32 Å². The van der Waals surface area contributed by atoms with E-state index in [4.69, 9.17) is 4.74 Å². The Kier molecular flexibility index (Phi) is 5.53. The Hall–Kier alpha value is -3.33. The third kappa shape index (κ3) is 4.49. The van der Waals surface area contributed by atoms with Crippen molar-refractivity contribution in [2.45, 2.75) is 25.5 Å². The number of anilines is 1. The molecule has 0 radical (unpaired) electrons. The molecule has 9 heteroatoms. The van der Waals surface area contributed by atoms with E-state index in [0.29, 0.717) is 18.8 Å². The Morgan fingerprint density at radius 3 is 2.71 bits per heavy atom. The molecule has 3 heterocycles. The Balaban J connectivity index is 1.44. The zero-order valence-electron chi connectivity index (χ0n) is 15.3. The number of urea groups is 1. The van der Waals surface area contributed by atoms with E-state index in [1.54, 1.807) is 22.0 Å². The number of ether oxygens (including phenoxy) is 1. The quantitative estimate of drug-likeness (QED) is 0.705. The maximum absolute atomic E-state index is 12.9. The van der Waals surface area contributed by atoms with E-state index in [9.17, 15) is 4.79 Å². The molecule has 1 aliphatic rings. The molecule has 2 aromatic heterocycles. The van der Waals surface area contributed by atoms with Gasteiger partial charge < -0.3 is 15.0 Å². The molecular formula is C19H21N7O2. The zero-order valence-corrected chi connectivity index (χ0v) is 15.3. The first-order chi connectivity index (χ1) is 13.8. The number of hydrogen-bond donors (Lipinski definition) is 1. The van der Waals surface area contributed by atoms with E-state index in [1.807, 2.05) is 36.4 Å². The highest BCUT2D eigenvalue weighted by molar-refractivity contribution is 5.89. The second-order valence-electron chi connectivity index (χ2n) is 6.60. The maximum atomic E-state index is 12.9. The molecule has 1 fully saturated rings. The average Bonchev–Trinajstić information content (AvgIpc) is 3.43. The van der Waals surface area contributed by atoms with Crippen LogP contribution in [0.5, 0.6) is 0 Å². The molecule has 0 spiro atoms. The van der Waals surface area contributed by atoms with Crippen molar-refractivity contribution < 1.29 is 9.53 Å². The number of nitrogens with one attached hydrogen (secondary N) is 1. The average molecular weight is 379 g/mol. The van der Waals surface area contributed by atoms with Crippen molar-refractivity contribution >= 4 is 11.7 Å². The number of benzene rings is 1. The monoisotopic (exact) mass is 379 g/mol. The van der Waals surface area contributed by atoms with Gasteiger partial charge in [-0.05, 0) is 65.2 Å². The summed E-state index contributed by atoms with van der Waals surface area (Å²) in [6.07, 6.45) is 7.07. The van der Waals surface area contributed by atoms with Crippen LogP contribution in [0.1, 0.15) is 18.4 Å². The van der Waals surface area contributed by atoms with Crippen molar-refractivity contribution in [3.63, 3.8) is 0 Å². The van der Waals surface area contributed by atoms with Gasteiger partial charge in [0.15, 0.2) is 0 Å². The number of nitrogens with zero attached hydrogens (tertiary/aromatic N) is 6. The molecule has 1 aliphatic heterocycles. The highest BCUT2D eigenvalue weighted by Gasteiger charge is 2.23. The van der Waals surface area contributed by atoms with E-state index in [1.165, 1.54) is 6.33 Å². The van der Waals surface area contributed by atoms with Gasteiger partial charge >= 0.3 is 6.03 Å². The Labute approximate surface area is 162 Å². The molecule has 144 valence electrons. The SMILES string of the molecule is O=C(Nc1ccc(-n2cnnn2)cc1)N(Cc1ccncc1)C[C@@H]1CCCO1. The molecule has 28 heavy (non-hydrogen) atoms. The van der Waals surface area contributed by atoms with E-state index in [2.05, 4.69) is 25.8 Å². The van der Waals surface area contributed by atoms with Gasteiger partial charge in [0.05, 0.1) is 11.8 Å². The first-order valence-corrected chi connectivity index (χ1v) is 9.18. The van der Waals surface area contributed by atoms with E-state index in [0.717, 1.165) is 30.7 Å². The largest absolute Gasteiger partial charge is 0.376 e. The van der Waals surface area contributed by atoms with Crippen LogP contribution in [-0.4, -0.2) is 55.4 Å². The minimum Gasteiger partial charge on any atom is -0.376 e. The molecule has 0 aliphatic carbocycles. The van der Waals surface area contributed by atoms with Gasteiger partial charge in [-0.15, -0.1) is 5.10 Å². The number of hydrogen-bond acceptors (Lipinski definition) is 6. The summed E-state index contributed by atoms with van der Waals surface area (Å²) in [5.41, 5.74) is 2.54. The van der Waals surface area contributed by atoms with Crippen LogP contribution >= 0.6 is 0 Å². The summed E-state index contributed by atoms with van der Waals surface area (Å²) in [6, 6.07) is 11.0. The highest BCUT2D eigenvalue weighted by Crippen LogP contribution is 2.17. The number of amides is 2. The van der Waals surface area contributed by atoms with Crippen LogP contribution in [-0.2, 0) is 11.3 Å². The number of tetrazole rings is 1. The predicted molar refractivity (Wildman–Crippen MR) is 102 cm³/mol. The molecule has 9 nitrogen and oxygen atoms in total. The van der Waals surface area contributed by atoms with Gasteiger partial charge in [0.25, 0.3) is 0 Å². The molecule has 3 aromatic rings. The number of pyridine rings is 1. The first kappa shape index (κ1) is 18.1. The van der Waals surface area contributed by atoms with Crippen molar-refractivity contribution in [2.75, 3.05) is 18.5 Å². The van der Waals surface area contributed by atoms with Crippen LogP contribution in [0.15, 0.2) is 55.1 Å². The van der Waals surface area contributed by atoms with Crippen molar-refractivity contribution in [2.24, 2.45) is 0 Å². The van der Waals surface area contributed by atoms with Gasteiger partial charge in [-0.1, -0.05) is 0 Å². The Morgan fingerprint density at radius 1 is 1.21 bits per heavy atom. The van der Waals surface area contributed by atoms with Crippen molar-refractivity contribution in [1.29, 1.82) is 0 Å². The van der Waals surface area contributed by atoms with Gasteiger partial charge in [-0.2, -0.15) is 0 Å². The lowest BCUT2D eigenvalue weighted by Crippen LogP contribution is -2.39. The van der Waals surface area contributed by atoms with Gasteiger partial charge in [0.1, 0.15) is 6.33 Å². The molecule has 1 aromatic carbocycles. The van der Waals surface area contributed by atoms with Crippen LogP contribution in [0.2, 0.25) is 0 Å². The Morgan fingerprint density at radius 2 is 2.04 bits per heavy atom. The van der Waals surface area contributed by atoms with Gasteiger partial charge in [-0.3, -0.25) is 4.98 Å². The standard InChI is InChI=1S/C19H21N7O2/c27-19(22-16-3-5-17(6-4-16)26-14-21-23-24-26)25(13-18-2-1-11-28-18)12-15-7-9-20-10-8-15/h3-10,14,18H,1-2,11-13H2,(H,22,27)/t18-/m0/s1. The smallest absolute Gasteiger partial charge is 0.322 e. The summed E-state index contributed by atoms with van der Waals surface area (Å²) in [7, 11) is 0. The van der Waals surface area contributed by atoms with Crippen LogP contribution in [0.25, 0.3) is 5.69 Å². The second kappa shape index (κ2) is 8.57. The minimum atomic E-state index is -0.164. The van der Waals surface area contributed by atoms with E-state index in [-0.39, 0.29) is 12.1 Å². The highest BCUT2D eigenvalue weighted by atomic mass is 16.5. The predicted octanol–water partition coefficient (Wildman–Crippen LogP) is 2.27. The van der Waals surface area contributed by atoms with Crippen molar-refractivity contribution in [1.82, 2.24) is 30.1 Å². The van der Waals surface area contributed by atoms with Gasteiger partial charge in [0, 0.05) is 37.8 Å². The summed E-state index contributed by atoms with van der Waals surface area (Å²) < 4.78 is 7.28. The lowest BCUT2D eigenvalue weighted by atomic mass is 10.2. The Bertz CT molecular complexity index is 878. The number of rotatable bonds is 6. The fourth-order valence-corrected chi connectivity index (χ4v) is 3.14. The lowest BCUT2D eigenvalue weighted by Gasteiger charge is -2.26. The van der Waals surface area contributed by atoms with E-state index >= 15 is 0 Å². The maximum Gasteiger partial charge on any atom is 0.322 e. The third-order valence-electron chi connectivity index (χ3n) is 4.59. The summed E-state index contributed by atoms with van der Waals surface area (Å²) in [5.74, 6) is 0. The van der Waals surface area contributed by atoms with E-state index < -0.39 is 0 Å². The molecule has 1 N–H and O–H groups in total. The molecular weight excluding hydrogens is 358 g/mol. The minimum absolute atomic E-state index is 0.0785. The topological polar surface area (TPSA) is 98.1 Å². The molecule has 0 bridgehead atoms. The zero-order chi connectivity index (χ0) is 19.2. The van der Waals surface area contributed by atoms with Crippen LogP contribution in [0, 0.1) is 0 Å². The summed E-state index contributed by atoms with van der Waals surface area (Å²) in [6.45, 7) is 1.81. The normalized spacial score (nSPS) is 16.1. The third-order valence-corrected chi connectivity index (χ3v) is 4.59. The van der Waals surface area contributed by atoms with Crippen LogP contribution in [0.4, 0.5) is 10.5 Å². The van der Waals surface area contributed by atoms with Crippen LogP contribution in [0.3, 0.4) is 0 Å². The summed E-state index contributed by atoms with van der Waals surface area (Å²) >= 11 is 0. The molecule has 4 rings (SSSR count). The number of carbonyl (C=O) groups is 1. The molecule has 0 saturated carbocycles. The second-order valence-corrected chi connectivity index (χ2v) is 6.60. The number of carbonyl (C=O) groups excluding carboxylic acids is 1. The van der Waals surface area contributed by atoms with Crippen molar-refractivity contribution in [3.05, 3.63) is 60.7 Å². The molecule has 1 atom stereocenters. The lowest BCUT2D eigenvalue weighted by molar-refractivity contribution is 0.0819. The molecule has 1 saturated heterocycles. The molecule has 0 unspecified atom stereocenters. The fourth-order valence-electron chi connectivity index (χ4n) is 3.14. The van der Waals surface area contributed by atoms with Gasteiger partial charge in [0.2, 0.25) is 0 Å². The first-order valence-electron chi connectivity index (χ1n) is 9.18. The van der Waals surface area contributed by atoms with Gasteiger partial charge in [-0.25, -0.2) is 9.48 Å². The fraction of sp³-hybridized carbons (Fsp3) is 0.316. The summed E-state index contributed by atoms with van der Waals surface area (Å²) in [5, 5.41) is 14.1.